The molecule has 2 unspecified atom stereocenters. The molecule has 0 radical (unpaired) electrons. The molecule has 6 heteroatoms. The minimum atomic E-state index is -0.244. The molecule has 0 amide bonds. The number of aromatic nitrogens is 2. The number of hydrogen-bond donors (Lipinski definition) is 0. The Labute approximate surface area is 161 Å². The number of alkyl halides is 1. The minimum absolute atomic E-state index is 0.0650. The molecule has 1 aromatic heterocycles. The molecule has 2 atom stereocenters. The summed E-state index contributed by atoms with van der Waals surface area (Å²) in [5.41, 5.74) is 2.11. The van der Waals surface area contributed by atoms with Crippen LogP contribution in [0.15, 0.2) is 67.3 Å². The number of nitrogens with zero attached hydrogens (tertiary/aromatic N) is 2. The van der Waals surface area contributed by atoms with Crippen molar-refractivity contribution in [1.82, 2.24) is 9.55 Å². The van der Waals surface area contributed by atoms with Crippen molar-refractivity contribution in [3.8, 4) is 5.75 Å². The summed E-state index contributed by atoms with van der Waals surface area (Å²) in [6, 6.07) is 15.9. The lowest BCUT2D eigenvalue weighted by molar-refractivity contribution is 0.414. The zero-order valence-electron chi connectivity index (χ0n) is 13.7. The Kier molecular flexibility index (Phi) is 6.29. The monoisotopic (exact) mass is 392 g/mol. The van der Waals surface area contributed by atoms with Crippen molar-refractivity contribution in [2.75, 3.05) is 7.11 Å². The van der Waals surface area contributed by atoms with Gasteiger partial charge in [0.15, 0.2) is 0 Å². The second-order valence-electron chi connectivity index (χ2n) is 5.51. The molecule has 1 heterocycles. The summed E-state index contributed by atoms with van der Waals surface area (Å²) in [6.45, 7) is 0. The predicted molar refractivity (Wildman–Crippen MR) is 106 cm³/mol. The molecule has 0 saturated carbocycles. The maximum absolute atomic E-state index is 6.75. The van der Waals surface area contributed by atoms with Crippen molar-refractivity contribution in [1.29, 1.82) is 0 Å². The number of methoxy groups -OCH3 is 1. The molecule has 3 aromatic rings. The predicted octanol–water partition coefficient (Wildman–Crippen LogP) is 5.96. The maximum Gasteiger partial charge on any atom is 0.125 e. The average Bonchev–Trinajstić information content (AvgIpc) is 3.18. The molecule has 0 aliphatic rings. The van der Waals surface area contributed by atoms with Gasteiger partial charge in [0.05, 0.1) is 18.7 Å². The van der Waals surface area contributed by atoms with Gasteiger partial charge in [-0.15, -0.1) is 11.8 Å². The Morgan fingerprint density at radius 2 is 1.84 bits per heavy atom. The third-order valence-electron chi connectivity index (χ3n) is 3.85. The van der Waals surface area contributed by atoms with Crippen LogP contribution in [0, 0.1) is 0 Å². The van der Waals surface area contributed by atoms with E-state index in [1.165, 1.54) is 5.56 Å². The lowest BCUT2D eigenvalue weighted by Gasteiger charge is -2.23. The molecule has 0 bridgehead atoms. The topological polar surface area (TPSA) is 27.1 Å². The van der Waals surface area contributed by atoms with E-state index in [-0.39, 0.29) is 10.8 Å². The second-order valence-corrected chi connectivity index (χ2v) is 7.53. The summed E-state index contributed by atoms with van der Waals surface area (Å²) in [7, 11) is 1.67. The van der Waals surface area contributed by atoms with Gasteiger partial charge in [-0.2, -0.15) is 0 Å². The summed E-state index contributed by atoms with van der Waals surface area (Å²) in [5.74, 6) is 1.70. The molecule has 0 aliphatic carbocycles. The summed E-state index contributed by atoms with van der Waals surface area (Å²) >= 11 is 14.6. The normalized spacial score (nSPS) is 13.4. The van der Waals surface area contributed by atoms with E-state index in [0.717, 1.165) is 22.1 Å². The standard InChI is InChI=1S/C19H18Cl2N2OS/c1-24-17-8-2-14(3-9-17)12-25-18(15-4-6-16(20)7-5-15)19(21)23-11-10-22-13-23/h2-11,13,18-19H,12H2,1H3. The highest BCUT2D eigenvalue weighted by molar-refractivity contribution is 7.98. The quantitative estimate of drug-likeness (QED) is 0.464. The number of halogens is 2. The Balaban J connectivity index is 1.79. The molecular formula is C19H18Cl2N2OS. The highest BCUT2D eigenvalue weighted by Gasteiger charge is 2.23. The molecule has 130 valence electrons. The van der Waals surface area contributed by atoms with Crippen LogP contribution in [0.5, 0.6) is 5.75 Å². The van der Waals surface area contributed by atoms with E-state index >= 15 is 0 Å². The van der Waals surface area contributed by atoms with Crippen LogP contribution in [0.4, 0.5) is 0 Å². The van der Waals surface area contributed by atoms with Crippen LogP contribution >= 0.6 is 35.0 Å². The number of thioether (sulfide) groups is 1. The minimum Gasteiger partial charge on any atom is -0.497 e. The Morgan fingerprint density at radius 3 is 2.44 bits per heavy atom. The molecule has 3 rings (SSSR count). The maximum atomic E-state index is 6.75. The third-order valence-corrected chi connectivity index (χ3v) is 6.11. The number of imidazole rings is 1. The Morgan fingerprint density at radius 1 is 1.12 bits per heavy atom. The van der Waals surface area contributed by atoms with E-state index in [2.05, 4.69) is 17.1 Å². The van der Waals surface area contributed by atoms with Crippen molar-refractivity contribution >= 4 is 35.0 Å². The SMILES string of the molecule is COc1ccc(CSC(c2ccc(Cl)cc2)C(Cl)n2ccnc2)cc1. The number of benzene rings is 2. The lowest BCUT2D eigenvalue weighted by Crippen LogP contribution is -2.09. The molecule has 2 aromatic carbocycles. The van der Waals surface area contributed by atoms with Crippen LogP contribution in [0.3, 0.4) is 0 Å². The fourth-order valence-corrected chi connectivity index (χ4v) is 4.28. The molecule has 0 fully saturated rings. The zero-order valence-corrected chi connectivity index (χ0v) is 16.0. The van der Waals surface area contributed by atoms with Crippen molar-refractivity contribution in [3.63, 3.8) is 0 Å². The van der Waals surface area contributed by atoms with E-state index in [9.17, 15) is 0 Å². The van der Waals surface area contributed by atoms with Gasteiger partial charge in [-0.25, -0.2) is 4.98 Å². The summed E-state index contributed by atoms with van der Waals surface area (Å²) in [4.78, 5) is 4.11. The number of hydrogen-bond acceptors (Lipinski definition) is 3. The molecular weight excluding hydrogens is 375 g/mol. The molecule has 0 N–H and O–H groups in total. The van der Waals surface area contributed by atoms with E-state index in [4.69, 9.17) is 27.9 Å². The Hall–Kier alpha value is -1.62. The highest BCUT2D eigenvalue weighted by atomic mass is 35.5. The van der Waals surface area contributed by atoms with E-state index < -0.39 is 0 Å². The average molecular weight is 393 g/mol. The van der Waals surface area contributed by atoms with Crippen LogP contribution in [-0.2, 0) is 5.75 Å². The molecule has 3 nitrogen and oxygen atoms in total. The number of rotatable bonds is 7. The molecule has 0 aliphatic heterocycles. The van der Waals surface area contributed by atoms with Crippen molar-refractivity contribution in [2.45, 2.75) is 16.5 Å². The first-order valence-electron chi connectivity index (χ1n) is 7.79. The van der Waals surface area contributed by atoms with Gasteiger partial charge in [0.25, 0.3) is 0 Å². The van der Waals surface area contributed by atoms with E-state index in [0.29, 0.717) is 0 Å². The molecule has 0 saturated heterocycles. The number of ether oxygens (including phenoxy) is 1. The smallest absolute Gasteiger partial charge is 0.125 e. The van der Waals surface area contributed by atoms with Crippen LogP contribution in [0.1, 0.15) is 21.9 Å². The van der Waals surface area contributed by atoms with Gasteiger partial charge in [0, 0.05) is 23.2 Å². The van der Waals surface area contributed by atoms with Gasteiger partial charge >= 0.3 is 0 Å². The first-order chi connectivity index (χ1) is 12.2. The third kappa shape index (κ3) is 4.72. The van der Waals surface area contributed by atoms with Gasteiger partial charge in [0.2, 0.25) is 0 Å². The summed E-state index contributed by atoms with van der Waals surface area (Å²) in [5, 5.41) is 0.784. The van der Waals surface area contributed by atoms with Crippen LogP contribution in [-0.4, -0.2) is 16.7 Å². The molecule has 0 spiro atoms. The fraction of sp³-hybridized carbons (Fsp3) is 0.211. The largest absolute Gasteiger partial charge is 0.497 e. The van der Waals surface area contributed by atoms with Crippen molar-refractivity contribution < 1.29 is 4.74 Å². The van der Waals surface area contributed by atoms with Gasteiger partial charge in [-0.1, -0.05) is 47.5 Å². The fourth-order valence-electron chi connectivity index (χ4n) is 2.47. The van der Waals surface area contributed by atoms with Crippen LogP contribution in [0.25, 0.3) is 0 Å². The Bertz CT molecular complexity index is 776. The van der Waals surface area contributed by atoms with Gasteiger partial charge in [-0.3, -0.25) is 0 Å². The zero-order chi connectivity index (χ0) is 17.6. The van der Waals surface area contributed by atoms with Crippen molar-refractivity contribution in [2.24, 2.45) is 0 Å². The highest BCUT2D eigenvalue weighted by Crippen LogP contribution is 2.43. The van der Waals surface area contributed by atoms with Gasteiger partial charge in [-0.05, 0) is 35.4 Å². The lowest BCUT2D eigenvalue weighted by atomic mass is 10.1. The first-order valence-corrected chi connectivity index (χ1v) is 9.65. The van der Waals surface area contributed by atoms with E-state index in [1.807, 2.05) is 47.2 Å². The van der Waals surface area contributed by atoms with Crippen LogP contribution < -0.4 is 4.74 Å². The van der Waals surface area contributed by atoms with Crippen molar-refractivity contribution in [3.05, 3.63) is 83.4 Å². The van der Waals surface area contributed by atoms with E-state index in [1.54, 1.807) is 31.4 Å². The summed E-state index contributed by atoms with van der Waals surface area (Å²) < 4.78 is 7.13. The van der Waals surface area contributed by atoms with Crippen LogP contribution in [0.2, 0.25) is 5.02 Å². The van der Waals surface area contributed by atoms with Gasteiger partial charge < -0.3 is 9.30 Å². The molecule has 25 heavy (non-hydrogen) atoms. The first kappa shape index (κ1) is 18.2. The second kappa shape index (κ2) is 8.65. The summed E-state index contributed by atoms with van der Waals surface area (Å²) in [6.07, 6.45) is 5.37. The van der Waals surface area contributed by atoms with Gasteiger partial charge in [0.1, 0.15) is 11.3 Å².